The molecule has 0 radical (unpaired) electrons. The lowest BCUT2D eigenvalue weighted by atomic mass is 10.0. The smallest absolute Gasteiger partial charge is 0.253 e. The van der Waals surface area contributed by atoms with Crippen molar-refractivity contribution in [3.8, 4) is 23.0 Å². The molecule has 4 rings (SSSR count). The van der Waals surface area contributed by atoms with Crippen LogP contribution in [0, 0.1) is 0 Å². The van der Waals surface area contributed by atoms with Gasteiger partial charge in [0.2, 0.25) is 0 Å². The summed E-state index contributed by atoms with van der Waals surface area (Å²) in [6.45, 7) is 0. The Bertz CT molecular complexity index is 1310. The Morgan fingerprint density at radius 2 is 1.74 bits per heavy atom. The molecular weight excluding hydrogens is 457 g/mol. The third-order valence-corrected chi connectivity index (χ3v) is 5.37. The average Bonchev–Trinajstić information content (AvgIpc) is 2.84. The molecular formula is C25H22FN3O4S. The topological polar surface area (TPSA) is 81.7 Å². The first-order chi connectivity index (χ1) is 16.5. The van der Waals surface area contributed by atoms with Crippen LogP contribution in [0.25, 0.3) is 10.9 Å². The zero-order chi connectivity index (χ0) is 24.1. The van der Waals surface area contributed by atoms with Gasteiger partial charge in [0.15, 0.2) is 16.6 Å². The Hall–Kier alpha value is -3.98. The normalized spacial score (nSPS) is 12.9. The highest BCUT2D eigenvalue weighted by atomic mass is 32.1. The van der Waals surface area contributed by atoms with E-state index in [1.807, 2.05) is 6.07 Å². The molecule has 2 N–H and O–H groups in total. The number of pyridine rings is 1. The van der Waals surface area contributed by atoms with Crippen molar-refractivity contribution in [2.45, 2.75) is 12.8 Å². The van der Waals surface area contributed by atoms with Gasteiger partial charge in [0.05, 0.1) is 19.7 Å². The number of thiocarbonyl (C=S) groups is 1. The van der Waals surface area contributed by atoms with Crippen molar-refractivity contribution in [1.29, 1.82) is 0 Å². The van der Waals surface area contributed by atoms with Gasteiger partial charge in [-0.25, -0.2) is 4.39 Å². The fraction of sp³-hybridized carbons (Fsp3) is 0.160. The van der Waals surface area contributed by atoms with Crippen molar-refractivity contribution < 1.29 is 23.4 Å². The molecule has 1 aliphatic rings. The molecule has 1 aromatic heterocycles. The molecule has 9 heteroatoms. The molecule has 1 aliphatic carbocycles. The number of benzene rings is 2. The fourth-order valence-corrected chi connectivity index (χ4v) is 3.63. The summed E-state index contributed by atoms with van der Waals surface area (Å²) in [6, 6.07) is 12.5. The quantitative estimate of drug-likeness (QED) is 0.456. The molecule has 0 atom stereocenters. The minimum absolute atomic E-state index is 0.149. The van der Waals surface area contributed by atoms with Crippen LogP contribution in [0.5, 0.6) is 23.0 Å². The largest absolute Gasteiger partial charge is 0.493 e. The van der Waals surface area contributed by atoms with Crippen LogP contribution >= 0.6 is 12.2 Å². The third kappa shape index (κ3) is 5.32. The summed E-state index contributed by atoms with van der Waals surface area (Å²) in [7, 11) is 3.14. The van der Waals surface area contributed by atoms with Crippen LogP contribution in [0.3, 0.4) is 0 Å². The maximum Gasteiger partial charge on any atom is 0.253 e. The van der Waals surface area contributed by atoms with Crippen LogP contribution in [0.1, 0.15) is 12.8 Å². The van der Waals surface area contributed by atoms with E-state index in [4.69, 9.17) is 26.4 Å². The van der Waals surface area contributed by atoms with Crippen molar-refractivity contribution in [2.75, 3.05) is 19.5 Å². The lowest BCUT2D eigenvalue weighted by Crippen LogP contribution is -2.35. The molecule has 0 saturated heterocycles. The van der Waals surface area contributed by atoms with Crippen LogP contribution in [-0.4, -0.2) is 30.2 Å². The van der Waals surface area contributed by atoms with Gasteiger partial charge >= 0.3 is 0 Å². The molecule has 0 fully saturated rings. The Labute approximate surface area is 201 Å². The number of hydrogen-bond acceptors (Lipinski definition) is 6. The highest BCUT2D eigenvalue weighted by molar-refractivity contribution is 7.80. The summed E-state index contributed by atoms with van der Waals surface area (Å²) in [6.07, 6.45) is 4.98. The summed E-state index contributed by atoms with van der Waals surface area (Å²) in [4.78, 5) is 16.6. The number of hydrogen-bond donors (Lipinski definition) is 2. The van der Waals surface area contributed by atoms with Crippen LogP contribution in [0.15, 0.2) is 72.2 Å². The molecule has 2 aromatic carbocycles. The number of amides is 1. The first-order valence-corrected chi connectivity index (χ1v) is 10.8. The molecule has 34 heavy (non-hydrogen) atoms. The van der Waals surface area contributed by atoms with E-state index >= 15 is 0 Å². The Kier molecular flexibility index (Phi) is 7.03. The number of rotatable bonds is 6. The second kappa shape index (κ2) is 10.3. The van der Waals surface area contributed by atoms with Gasteiger partial charge in [-0.2, -0.15) is 0 Å². The fourth-order valence-electron chi connectivity index (χ4n) is 3.42. The Morgan fingerprint density at radius 3 is 2.41 bits per heavy atom. The number of carbonyl (C=O) groups is 1. The number of aromatic nitrogens is 1. The van der Waals surface area contributed by atoms with E-state index in [1.165, 1.54) is 12.2 Å². The van der Waals surface area contributed by atoms with Crippen LogP contribution in [-0.2, 0) is 4.79 Å². The third-order valence-electron chi connectivity index (χ3n) is 5.16. The highest BCUT2D eigenvalue weighted by Crippen LogP contribution is 2.37. The van der Waals surface area contributed by atoms with Gasteiger partial charge < -0.3 is 19.5 Å². The van der Waals surface area contributed by atoms with Gasteiger partial charge in [-0.1, -0.05) is 6.08 Å². The summed E-state index contributed by atoms with van der Waals surface area (Å²) in [5.74, 6) is 1.79. The molecule has 1 heterocycles. The standard InChI is InChI=1S/C25H22FN3O4S/c1-31-22-13-19-20(14-23(22)32-2)27-12-11-21(19)33-18-9-7-17(8-10-18)28-25(34)29-24(30)15-3-5-16(26)6-4-15/h3,5,7-14H,4,6H2,1-2H3,(H2,28,29,30,34). The molecule has 0 aliphatic heterocycles. The molecule has 3 aromatic rings. The van der Waals surface area contributed by atoms with Crippen molar-refractivity contribution in [2.24, 2.45) is 0 Å². The van der Waals surface area contributed by atoms with Gasteiger partial charge in [-0.15, -0.1) is 0 Å². The number of fused-ring (bicyclic) bond motifs is 1. The van der Waals surface area contributed by atoms with E-state index in [9.17, 15) is 9.18 Å². The number of halogens is 1. The van der Waals surface area contributed by atoms with Gasteiger partial charge in [-0.05, 0) is 61.1 Å². The lowest BCUT2D eigenvalue weighted by Gasteiger charge is -2.14. The SMILES string of the molecule is COc1cc2nccc(Oc3ccc(NC(=S)NC(=O)C4=CC=C(F)CC4)cc3)c2cc1OC. The van der Waals surface area contributed by atoms with Gasteiger partial charge in [0.1, 0.15) is 17.3 Å². The van der Waals surface area contributed by atoms with Crippen molar-refractivity contribution in [3.05, 3.63) is 72.2 Å². The van der Waals surface area contributed by atoms with Crippen molar-refractivity contribution in [3.63, 3.8) is 0 Å². The molecule has 7 nitrogen and oxygen atoms in total. The van der Waals surface area contributed by atoms with E-state index in [0.717, 1.165) is 5.39 Å². The summed E-state index contributed by atoms with van der Waals surface area (Å²) in [5.41, 5.74) is 1.86. The second-order valence-corrected chi connectivity index (χ2v) is 7.78. The first kappa shape index (κ1) is 23.2. The maximum atomic E-state index is 13.1. The number of allylic oxidation sites excluding steroid dienone is 3. The van der Waals surface area contributed by atoms with E-state index < -0.39 is 0 Å². The summed E-state index contributed by atoms with van der Waals surface area (Å²) < 4.78 is 29.9. The summed E-state index contributed by atoms with van der Waals surface area (Å²) in [5, 5.41) is 6.49. The van der Waals surface area contributed by atoms with E-state index in [2.05, 4.69) is 15.6 Å². The second-order valence-electron chi connectivity index (χ2n) is 7.37. The molecule has 0 saturated carbocycles. The Morgan fingerprint density at radius 1 is 1.00 bits per heavy atom. The van der Waals surface area contributed by atoms with Crippen LogP contribution < -0.4 is 24.8 Å². The number of carbonyl (C=O) groups excluding carboxylic acids is 1. The summed E-state index contributed by atoms with van der Waals surface area (Å²) >= 11 is 5.22. The van der Waals surface area contributed by atoms with E-state index in [1.54, 1.807) is 56.8 Å². The van der Waals surface area contributed by atoms with E-state index in [0.29, 0.717) is 46.2 Å². The van der Waals surface area contributed by atoms with Crippen molar-refractivity contribution >= 4 is 39.8 Å². The molecule has 174 valence electrons. The predicted molar refractivity (Wildman–Crippen MR) is 132 cm³/mol. The van der Waals surface area contributed by atoms with Crippen LogP contribution in [0.4, 0.5) is 10.1 Å². The monoisotopic (exact) mass is 479 g/mol. The van der Waals surface area contributed by atoms with Crippen molar-refractivity contribution in [1.82, 2.24) is 10.3 Å². The first-order valence-electron chi connectivity index (χ1n) is 10.4. The minimum atomic E-state index is -0.349. The van der Waals surface area contributed by atoms with E-state index in [-0.39, 0.29) is 23.3 Å². The molecule has 0 bridgehead atoms. The average molecular weight is 480 g/mol. The van der Waals surface area contributed by atoms with Crippen LogP contribution in [0.2, 0.25) is 0 Å². The molecule has 0 spiro atoms. The number of nitrogens with zero attached hydrogens (tertiary/aromatic N) is 1. The zero-order valence-electron chi connectivity index (χ0n) is 18.6. The zero-order valence-corrected chi connectivity index (χ0v) is 19.4. The predicted octanol–water partition coefficient (Wildman–Crippen LogP) is 5.43. The highest BCUT2D eigenvalue weighted by Gasteiger charge is 2.15. The van der Waals surface area contributed by atoms with Gasteiger partial charge in [-0.3, -0.25) is 15.1 Å². The number of ether oxygens (including phenoxy) is 3. The minimum Gasteiger partial charge on any atom is -0.493 e. The maximum absolute atomic E-state index is 13.1. The molecule has 1 amide bonds. The number of nitrogens with one attached hydrogen (secondary N) is 2. The lowest BCUT2D eigenvalue weighted by molar-refractivity contribution is -0.116. The molecule has 0 unspecified atom stereocenters. The Balaban J connectivity index is 1.43. The number of methoxy groups -OCH3 is 2. The number of anilines is 1. The van der Waals surface area contributed by atoms with Gasteiger partial charge in [0, 0.05) is 35.3 Å². The van der Waals surface area contributed by atoms with Gasteiger partial charge in [0.25, 0.3) is 5.91 Å².